The van der Waals surface area contributed by atoms with Gasteiger partial charge >= 0.3 is 0 Å². The van der Waals surface area contributed by atoms with E-state index in [4.69, 9.17) is 28.1 Å². The predicted octanol–water partition coefficient (Wildman–Crippen LogP) is 3.50. The maximum absolute atomic E-state index is 13.3. The van der Waals surface area contributed by atoms with Gasteiger partial charge < -0.3 is 28.1 Å². The third kappa shape index (κ3) is 2.91. The number of fused-ring (bicyclic) bond motifs is 1. The summed E-state index contributed by atoms with van der Waals surface area (Å²) in [7, 11) is 7.41. The molecule has 0 N–H and O–H groups in total. The lowest BCUT2D eigenvalue weighted by Crippen LogP contribution is -2.09. The summed E-state index contributed by atoms with van der Waals surface area (Å²) in [6.07, 6.45) is 1.39. The van der Waals surface area contributed by atoms with Crippen LogP contribution in [-0.2, 0) is 0 Å². The largest absolute Gasteiger partial charge is 0.497 e. The van der Waals surface area contributed by atoms with Crippen LogP contribution < -0.4 is 29.1 Å². The van der Waals surface area contributed by atoms with E-state index in [2.05, 4.69) is 0 Å². The molecule has 7 heteroatoms. The molecule has 27 heavy (non-hydrogen) atoms. The van der Waals surface area contributed by atoms with Crippen LogP contribution in [0.2, 0.25) is 0 Å². The van der Waals surface area contributed by atoms with E-state index in [-0.39, 0.29) is 39.4 Å². The van der Waals surface area contributed by atoms with Gasteiger partial charge in [-0.1, -0.05) is 12.1 Å². The van der Waals surface area contributed by atoms with Gasteiger partial charge in [0.1, 0.15) is 17.4 Å². The molecule has 3 aromatic rings. The Morgan fingerprint density at radius 1 is 0.704 bits per heavy atom. The van der Waals surface area contributed by atoms with E-state index in [1.165, 1.54) is 34.7 Å². The van der Waals surface area contributed by atoms with E-state index in [0.29, 0.717) is 16.9 Å². The second kappa shape index (κ2) is 7.49. The van der Waals surface area contributed by atoms with Gasteiger partial charge in [0, 0.05) is 0 Å². The number of hydrogen-bond donors (Lipinski definition) is 0. The molecule has 0 spiro atoms. The quantitative estimate of drug-likeness (QED) is 0.655. The topological polar surface area (TPSA) is 76.4 Å². The first-order chi connectivity index (χ1) is 13.1. The van der Waals surface area contributed by atoms with E-state index in [0.717, 1.165) is 0 Å². The summed E-state index contributed by atoms with van der Waals surface area (Å²) in [5.41, 5.74) is 0.992. The molecule has 0 aliphatic heterocycles. The number of benzene rings is 2. The molecule has 1 heterocycles. The number of rotatable bonds is 6. The fourth-order valence-corrected chi connectivity index (χ4v) is 2.98. The summed E-state index contributed by atoms with van der Waals surface area (Å²) in [6, 6.07) is 7.10. The van der Waals surface area contributed by atoms with Crippen LogP contribution in [0.4, 0.5) is 0 Å². The molecule has 3 rings (SSSR count). The Balaban J connectivity index is 2.39. The molecule has 142 valence electrons. The molecule has 0 aliphatic rings. The third-order valence-corrected chi connectivity index (χ3v) is 4.26. The SMILES string of the molecule is COc1ccc(-c2coc3c(OC)c(OC)c(OC)c(OC)c3c2=O)cc1. The second-order valence-corrected chi connectivity index (χ2v) is 5.54. The number of ether oxygens (including phenoxy) is 5. The molecular formula is C20H20O7. The molecule has 0 aliphatic carbocycles. The maximum atomic E-state index is 13.3. The van der Waals surface area contributed by atoms with Crippen molar-refractivity contribution in [2.75, 3.05) is 35.5 Å². The van der Waals surface area contributed by atoms with E-state index in [9.17, 15) is 4.79 Å². The van der Waals surface area contributed by atoms with E-state index >= 15 is 0 Å². The summed E-state index contributed by atoms with van der Waals surface area (Å²) in [4.78, 5) is 13.3. The first kappa shape index (κ1) is 18.4. The van der Waals surface area contributed by atoms with E-state index in [1.54, 1.807) is 31.4 Å². The van der Waals surface area contributed by atoms with Crippen LogP contribution in [0.25, 0.3) is 22.1 Å². The highest BCUT2D eigenvalue weighted by Gasteiger charge is 2.27. The van der Waals surface area contributed by atoms with Crippen molar-refractivity contribution < 1.29 is 28.1 Å². The summed E-state index contributed by atoms with van der Waals surface area (Å²) in [6.45, 7) is 0. The lowest BCUT2D eigenvalue weighted by molar-refractivity contribution is 0.306. The highest BCUT2D eigenvalue weighted by Crippen LogP contribution is 2.50. The molecule has 0 fully saturated rings. The molecule has 0 saturated carbocycles. The smallest absolute Gasteiger partial charge is 0.211 e. The molecule has 0 unspecified atom stereocenters. The van der Waals surface area contributed by atoms with Crippen molar-refractivity contribution in [1.82, 2.24) is 0 Å². The summed E-state index contributed by atoms with van der Waals surface area (Å²) in [5.74, 6) is 1.70. The van der Waals surface area contributed by atoms with Crippen molar-refractivity contribution in [2.45, 2.75) is 0 Å². The van der Waals surface area contributed by atoms with Crippen molar-refractivity contribution in [3.8, 4) is 39.9 Å². The molecule has 7 nitrogen and oxygen atoms in total. The average molecular weight is 372 g/mol. The Bertz CT molecular complexity index is 1020. The van der Waals surface area contributed by atoms with Crippen molar-refractivity contribution in [3.63, 3.8) is 0 Å². The van der Waals surface area contributed by atoms with Crippen LogP contribution in [-0.4, -0.2) is 35.5 Å². The lowest BCUT2D eigenvalue weighted by atomic mass is 10.0. The monoisotopic (exact) mass is 372 g/mol. The minimum atomic E-state index is -0.280. The van der Waals surface area contributed by atoms with Gasteiger partial charge in [0.2, 0.25) is 22.7 Å². The number of methoxy groups -OCH3 is 5. The minimum absolute atomic E-state index is 0.209. The zero-order chi connectivity index (χ0) is 19.6. The van der Waals surface area contributed by atoms with Gasteiger partial charge in [0.25, 0.3) is 0 Å². The normalized spacial score (nSPS) is 10.6. The molecule has 0 bridgehead atoms. The Hall–Kier alpha value is -3.35. The number of hydrogen-bond acceptors (Lipinski definition) is 7. The summed E-state index contributed by atoms with van der Waals surface area (Å²) < 4.78 is 32.6. The Morgan fingerprint density at radius 2 is 1.26 bits per heavy atom. The van der Waals surface area contributed by atoms with Gasteiger partial charge in [-0.3, -0.25) is 4.79 Å². The maximum Gasteiger partial charge on any atom is 0.211 e. The van der Waals surface area contributed by atoms with Crippen molar-refractivity contribution in [3.05, 3.63) is 40.8 Å². The standard InChI is InChI=1S/C20H20O7/c1-22-12-8-6-11(7-9-12)13-10-27-17-14(15(13)21)16(23-2)18(24-3)20(26-5)19(17)25-4/h6-10H,1-5H3. The molecule has 0 atom stereocenters. The van der Waals surface area contributed by atoms with Crippen molar-refractivity contribution in [1.29, 1.82) is 0 Å². The average Bonchev–Trinajstić information content (AvgIpc) is 2.72. The second-order valence-electron chi connectivity index (χ2n) is 5.54. The van der Waals surface area contributed by atoms with Crippen molar-refractivity contribution >= 4 is 11.0 Å². The zero-order valence-corrected chi connectivity index (χ0v) is 15.7. The van der Waals surface area contributed by atoms with Gasteiger partial charge in [-0.15, -0.1) is 0 Å². The van der Waals surface area contributed by atoms with Crippen LogP contribution in [0, 0.1) is 0 Å². The van der Waals surface area contributed by atoms with Gasteiger partial charge in [0.05, 0.1) is 41.1 Å². The van der Waals surface area contributed by atoms with Gasteiger partial charge in [-0.25, -0.2) is 0 Å². The van der Waals surface area contributed by atoms with Crippen molar-refractivity contribution in [2.24, 2.45) is 0 Å². The Morgan fingerprint density at radius 3 is 1.78 bits per heavy atom. The molecule has 2 aromatic carbocycles. The minimum Gasteiger partial charge on any atom is -0.497 e. The van der Waals surface area contributed by atoms with Crippen LogP contribution >= 0.6 is 0 Å². The predicted molar refractivity (Wildman–Crippen MR) is 101 cm³/mol. The first-order valence-corrected chi connectivity index (χ1v) is 8.07. The molecule has 0 saturated heterocycles. The third-order valence-electron chi connectivity index (χ3n) is 4.26. The van der Waals surface area contributed by atoms with Gasteiger partial charge in [-0.05, 0) is 17.7 Å². The fourth-order valence-electron chi connectivity index (χ4n) is 2.98. The molecule has 0 radical (unpaired) electrons. The highest BCUT2D eigenvalue weighted by atomic mass is 16.5. The molecule has 0 amide bonds. The summed E-state index contributed by atoms with van der Waals surface area (Å²) >= 11 is 0. The first-order valence-electron chi connectivity index (χ1n) is 8.07. The van der Waals surface area contributed by atoms with Gasteiger partial charge in [-0.2, -0.15) is 0 Å². The molecular weight excluding hydrogens is 352 g/mol. The van der Waals surface area contributed by atoms with E-state index in [1.807, 2.05) is 0 Å². The van der Waals surface area contributed by atoms with E-state index < -0.39 is 0 Å². The van der Waals surface area contributed by atoms with Gasteiger partial charge in [0.15, 0.2) is 11.3 Å². The van der Waals surface area contributed by atoms with Crippen LogP contribution in [0.5, 0.6) is 28.7 Å². The zero-order valence-electron chi connectivity index (χ0n) is 15.7. The van der Waals surface area contributed by atoms with Crippen LogP contribution in [0.3, 0.4) is 0 Å². The molecule has 1 aromatic heterocycles. The summed E-state index contributed by atoms with van der Waals surface area (Å²) in [5, 5.41) is 0.209. The fraction of sp³-hybridized carbons (Fsp3) is 0.250. The Labute approximate surface area is 156 Å². The Kier molecular flexibility index (Phi) is 5.12. The van der Waals surface area contributed by atoms with Crippen LogP contribution in [0.1, 0.15) is 0 Å². The van der Waals surface area contributed by atoms with Crippen LogP contribution in [0.15, 0.2) is 39.7 Å². The highest BCUT2D eigenvalue weighted by molar-refractivity contribution is 5.96. The lowest BCUT2D eigenvalue weighted by Gasteiger charge is -2.17.